The minimum absolute atomic E-state index is 0.0328. The summed E-state index contributed by atoms with van der Waals surface area (Å²) >= 11 is 0. The van der Waals surface area contributed by atoms with Crippen molar-refractivity contribution >= 4 is 17.5 Å². The lowest BCUT2D eigenvalue weighted by Crippen LogP contribution is -2.57. The lowest BCUT2D eigenvalue weighted by Gasteiger charge is -2.48. The Kier molecular flexibility index (Phi) is 9.87. The van der Waals surface area contributed by atoms with Crippen molar-refractivity contribution in [3.8, 4) is 11.5 Å². The molecule has 0 radical (unpaired) electrons. The molecule has 14 nitrogen and oxygen atoms in total. The molecule has 3 unspecified atom stereocenters. The van der Waals surface area contributed by atoms with E-state index in [4.69, 9.17) is 23.7 Å². The van der Waals surface area contributed by atoms with Gasteiger partial charge in [-0.05, 0) is 52.1 Å². The van der Waals surface area contributed by atoms with Gasteiger partial charge in [0.15, 0.2) is 18.4 Å². The number of hydrogen-bond donors (Lipinski definition) is 5. The van der Waals surface area contributed by atoms with E-state index >= 15 is 0 Å². The molecule has 5 N–H and O–H groups in total. The Balaban J connectivity index is 1.37. The number of aromatic hydroxyl groups is 2. The summed E-state index contributed by atoms with van der Waals surface area (Å²) in [6, 6.07) is 5.13. The highest BCUT2D eigenvalue weighted by molar-refractivity contribution is 6.30. The number of benzene rings is 2. The standard InChI is InChI=1S/C36H45NO13/c1-7-36(45)14-23(49-24-12-20(37(4)5)34(16(3)48-24)50-25-13-22(39)30(40)15(2)47-25)27-18(29(36)35(44)46-6)11-19-28(33(27)43)32(42)26-17(31(19)41)9-8-10-21(26)38/h8-11,15-16,20,22-25,29-30,34,38-40,43,45H,7,12-14H2,1-6H3/t15-,16-,20-,22-,23-,24?,25?,29?,30+,34+,36+/m0/s1. The molecular weight excluding hydrogens is 654 g/mol. The summed E-state index contributed by atoms with van der Waals surface area (Å²) < 4.78 is 30.1. The van der Waals surface area contributed by atoms with Crippen LogP contribution >= 0.6 is 0 Å². The van der Waals surface area contributed by atoms with Crippen LogP contribution in [0.4, 0.5) is 0 Å². The van der Waals surface area contributed by atoms with Gasteiger partial charge in [-0.25, -0.2) is 0 Å². The van der Waals surface area contributed by atoms with Crippen molar-refractivity contribution in [2.24, 2.45) is 0 Å². The summed E-state index contributed by atoms with van der Waals surface area (Å²) in [5, 5.41) is 54.9. The summed E-state index contributed by atoms with van der Waals surface area (Å²) in [4.78, 5) is 42.8. The van der Waals surface area contributed by atoms with Crippen LogP contribution in [0.25, 0.3) is 0 Å². The Bertz CT molecular complexity index is 1670. The number of phenols is 2. The van der Waals surface area contributed by atoms with Crippen molar-refractivity contribution in [2.75, 3.05) is 21.2 Å². The largest absolute Gasteiger partial charge is 0.507 e. The molecule has 2 heterocycles. The number of ether oxygens (including phenoxy) is 5. The van der Waals surface area contributed by atoms with Gasteiger partial charge in [0.2, 0.25) is 5.78 Å². The lowest BCUT2D eigenvalue weighted by atomic mass is 9.67. The highest BCUT2D eigenvalue weighted by Crippen LogP contribution is 2.54. The van der Waals surface area contributed by atoms with E-state index in [1.54, 1.807) is 20.8 Å². The topological polar surface area (TPSA) is 202 Å². The summed E-state index contributed by atoms with van der Waals surface area (Å²) in [5.74, 6) is -4.56. The summed E-state index contributed by atoms with van der Waals surface area (Å²) in [6.45, 7) is 5.14. The molecule has 2 aromatic carbocycles. The third-order valence-electron chi connectivity index (χ3n) is 10.7. The molecule has 14 heteroatoms. The Morgan fingerprint density at radius 1 is 0.980 bits per heavy atom. The monoisotopic (exact) mass is 699 g/mol. The van der Waals surface area contributed by atoms with Crippen molar-refractivity contribution in [3.63, 3.8) is 0 Å². The molecule has 0 aromatic heterocycles. The van der Waals surface area contributed by atoms with Gasteiger partial charge in [0.05, 0.1) is 48.3 Å². The number of likely N-dealkylation sites (N-methyl/N-ethyl adjacent to an activating group) is 1. The predicted molar refractivity (Wildman–Crippen MR) is 174 cm³/mol. The summed E-state index contributed by atoms with van der Waals surface area (Å²) in [6.07, 6.45) is -6.48. The van der Waals surface area contributed by atoms with E-state index in [1.165, 1.54) is 31.4 Å². The maximum atomic E-state index is 13.8. The summed E-state index contributed by atoms with van der Waals surface area (Å²) in [5.41, 5.74) is -2.44. The first-order valence-electron chi connectivity index (χ1n) is 16.9. The number of fused-ring (bicyclic) bond motifs is 3. The number of rotatable bonds is 7. The normalized spacial score (nSPS) is 35.3. The second kappa shape index (κ2) is 13.6. The van der Waals surface area contributed by atoms with Gasteiger partial charge in [-0.3, -0.25) is 14.4 Å². The van der Waals surface area contributed by atoms with Crippen LogP contribution in [0.2, 0.25) is 0 Å². The van der Waals surface area contributed by atoms with E-state index in [2.05, 4.69) is 0 Å². The zero-order chi connectivity index (χ0) is 36.4. The Labute approximate surface area is 289 Å². The smallest absolute Gasteiger partial charge is 0.316 e. The zero-order valence-electron chi connectivity index (χ0n) is 28.9. The quantitative estimate of drug-likeness (QED) is 0.224. The molecule has 11 atom stereocenters. The van der Waals surface area contributed by atoms with Gasteiger partial charge >= 0.3 is 5.97 Å². The average molecular weight is 700 g/mol. The average Bonchev–Trinajstić information content (AvgIpc) is 3.06. The third-order valence-corrected chi connectivity index (χ3v) is 10.7. The number of carbonyl (C=O) groups excluding carboxylic acids is 3. The van der Waals surface area contributed by atoms with Gasteiger partial charge < -0.3 is 54.1 Å². The molecule has 50 heavy (non-hydrogen) atoms. The fourth-order valence-corrected chi connectivity index (χ4v) is 7.97. The highest BCUT2D eigenvalue weighted by atomic mass is 16.7. The molecular formula is C36H45NO13. The maximum absolute atomic E-state index is 13.8. The van der Waals surface area contributed by atoms with Gasteiger partial charge in [0, 0.05) is 42.0 Å². The number of ketones is 2. The molecule has 0 spiro atoms. The zero-order valence-corrected chi connectivity index (χ0v) is 28.9. The van der Waals surface area contributed by atoms with Crippen LogP contribution in [0, 0.1) is 0 Å². The number of methoxy groups -OCH3 is 1. The summed E-state index contributed by atoms with van der Waals surface area (Å²) in [7, 11) is 4.89. The fraction of sp³-hybridized carbons (Fsp3) is 0.583. The molecule has 2 fully saturated rings. The first-order valence-corrected chi connectivity index (χ1v) is 16.9. The van der Waals surface area contributed by atoms with Crippen LogP contribution in [0.1, 0.15) is 101 Å². The van der Waals surface area contributed by atoms with Crippen molar-refractivity contribution < 1.29 is 63.6 Å². The van der Waals surface area contributed by atoms with Gasteiger partial charge in [-0.15, -0.1) is 0 Å². The van der Waals surface area contributed by atoms with Crippen molar-refractivity contribution in [3.05, 3.63) is 57.6 Å². The molecule has 2 aliphatic carbocycles. The number of phenolic OH excluding ortho intramolecular Hbond substituents is 2. The van der Waals surface area contributed by atoms with E-state index in [1.807, 2.05) is 19.0 Å². The van der Waals surface area contributed by atoms with E-state index in [0.29, 0.717) is 0 Å². The molecule has 0 bridgehead atoms. The van der Waals surface area contributed by atoms with Crippen molar-refractivity contribution in [2.45, 2.75) is 113 Å². The minimum Gasteiger partial charge on any atom is -0.507 e. The van der Waals surface area contributed by atoms with Gasteiger partial charge in [0.25, 0.3) is 0 Å². The predicted octanol–water partition coefficient (Wildman–Crippen LogP) is 2.04. The Morgan fingerprint density at radius 3 is 2.30 bits per heavy atom. The number of aliphatic hydroxyl groups excluding tert-OH is 2. The Hall–Kier alpha value is -3.47. The third kappa shape index (κ3) is 6.01. The maximum Gasteiger partial charge on any atom is 0.316 e. The molecule has 6 rings (SSSR count). The van der Waals surface area contributed by atoms with E-state index in [9.17, 15) is 39.9 Å². The Morgan fingerprint density at radius 2 is 1.66 bits per heavy atom. The molecule has 2 saturated heterocycles. The number of aliphatic hydroxyl groups is 3. The first kappa shape index (κ1) is 36.3. The van der Waals surface area contributed by atoms with Crippen LogP contribution in [0.3, 0.4) is 0 Å². The molecule has 0 amide bonds. The van der Waals surface area contributed by atoms with Crippen LogP contribution in [-0.4, -0.2) is 124 Å². The van der Waals surface area contributed by atoms with E-state index in [-0.39, 0.29) is 65.1 Å². The van der Waals surface area contributed by atoms with E-state index < -0.39 is 89.8 Å². The van der Waals surface area contributed by atoms with Crippen LogP contribution < -0.4 is 0 Å². The SMILES string of the molecule is CC[C@@]1(O)C[C@H](OC2C[C@H](N(C)C)[C@H](OC3C[C@H](O)[C@H](O)[C@H](C)O3)[C@H](C)O2)c2c(cc3c(c2O)C(=O)c2c(O)cccc2C3=O)C1C(=O)OC. The highest BCUT2D eigenvalue weighted by Gasteiger charge is 2.53. The van der Waals surface area contributed by atoms with E-state index in [0.717, 1.165) is 0 Å². The van der Waals surface area contributed by atoms with Crippen LogP contribution in [-0.2, 0) is 28.5 Å². The fourth-order valence-electron chi connectivity index (χ4n) is 7.97. The number of hydrogen-bond acceptors (Lipinski definition) is 14. The minimum atomic E-state index is -1.74. The molecule has 2 aliphatic heterocycles. The second-order valence-electron chi connectivity index (χ2n) is 14.0. The van der Waals surface area contributed by atoms with Gasteiger partial charge in [-0.1, -0.05) is 19.1 Å². The molecule has 272 valence electrons. The van der Waals surface area contributed by atoms with Crippen molar-refractivity contribution in [1.82, 2.24) is 4.90 Å². The number of nitrogens with zero attached hydrogens (tertiary/aromatic N) is 1. The van der Waals surface area contributed by atoms with Crippen LogP contribution in [0.15, 0.2) is 24.3 Å². The van der Waals surface area contributed by atoms with Gasteiger partial charge in [-0.2, -0.15) is 0 Å². The molecule has 2 aromatic rings. The lowest BCUT2D eigenvalue weighted by molar-refractivity contribution is -0.310. The number of carbonyl (C=O) groups is 3. The van der Waals surface area contributed by atoms with Crippen LogP contribution in [0.5, 0.6) is 11.5 Å². The molecule has 4 aliphatic rings. The first-order chi connectivity index (χ1) is 23.6. The molecule has 0 saturated carbocycles. The number of esters is 1. The van der Waals surface area contributed by atoms with Gasteiger partial charge in [0.1, 0.15) is 29.6 Å². The second-order valence-corrected chi connectivity index (χ2v) is 14.0. The van der Waals surface area contributed by atoms with Crippen molar-refractivity contribution in [1.29, 1.82) is 0 Å².